The largest absolute Gasteiger partial charge is 0.298 e. The molecule has 1 heteroatoms. The minimum absolute atomic E-state index is 0.908. The molecule has 0 N–H and O–H groups in total. The van der Waals surface area contributed by atoms with Gasteiger partial charge in [-0.1, -0.05) is 42.5 Å². The van der Waals surface area contributed by atoms with Gasteiger partial charge in [-0.15, -0.1) is 0 Å². The summed E-state index contributed by atoms with van der Waals surface area (Å²) >= 11 is 0. The van der Waals surface area contributed by atoms with Gasteiger partial charge in [0, 0.05) is 19.6 Å². The van der Waals surface area contributed by atoms with E-state index < -0.39 is 0 Å². The van der Waals surface area contributed by atoms with Crippen LogP contribution in [0.2, 0.25) is 0 Å². The topological polar surface area (TPSA) is 3.24 Å². The molecule has 3 aliphatic rings. The lowest BCUT2D eigenvalue weighted by atomic mass is 9.86. The number of hydrogen-bond acceptors (Lipinski definition) is 1. The molecule has 4 atom stereocenters. The highest BCUT2D eigenvalue weighted by atomic mass is 15.2. The summed E-state index contributed by atoms with van der Waals surface area (Å²) < 4.78 is 0. The third kappa shape index (κ3) is 1.56. The Morgan fingerprint density at radius 3 is 2.24 bits per heavy atom. The van der Waals surface area contributed by atoms with Crippen LogP contribution in [0.1, 0.15) is 12.0 Å². The number of hydrogen-bond donors (Lipinski definition) is 0. The first-order chi connectivity index (χ1) is 8.40. The van der Waals surface area contributed by atoms with E-state index in [-0.39, 0.29) is 0 Å². The highest BCUT2D eigenvalue weighted by molar-refractivity contribution is 5.18. The summed E-state index contributed by atoms with van der Waals surface area (Å²) in [5, 5.41) is 0. The van der Waals surface area contributed by atoms with E-state index >= 15 is 0 Å². The minimum Gasteiger partial charge on any atom is -0.298 e. The molecule has 0 aromatic heterocycles. The van der Waals surface area contributed by atoms with Gasteiger partial charge in [0.25, 0.3) is 0 Å². The van der Waals surface area contributed by atoms with Crippen LogP contribution in [-0.4, -0.2) is 18.0 Å². The molecule has 1 saturated heterocycles. The number of fused-ring (bicyclic) bond motifs is 5. The van der Waals surface area contributed by atoms with Crippen molar-refractivity contribution in [1.29, 1.82) is 0 Å². The van der Waals surface area contributed by atoms with Crippen molar-refractivity contribution in [2.24, 2.45) is 23.7 Å². The van der Waals surface area contributed by atoms with Crippen molar-refractivity contribution in [3.8, 4) is 0 Å². The summed E-state index contributed by atoms with van der Waals surface area (Å²) in [4.78, 5) is 2.66. The zero-order chi connectivity index (χ0) is 11.2. The van der Waals surface area contributed by atoms with Gasteiger partial charge in [0.2, 0.25) is 0 Å². The molecule has 2 fully saturated rings. The fourth-order valence-corrected chi connectivity index (χ4v) is 4.21. The van der Waals surface area contributed by atoms with E-state index in [1.54, 1.807) is 0 Å². The van der Waals surface area contributed by atoms with Crippen molar-refractivity contribution in [3.63, 3.8) is 0 Å². The number of benzene rings is 1. The van der Waals surface area contributed by atoms with Crippen LogP contribution in [0.3, 0.4) is 0 Å². The maximum absolute atomic E-state index is 2.66. The maximum Gasteiger partial charge on any atom is 0.0233 e. The van der Waals surface area contributed by atoms with E-state index in [4.69, 9.17) is 0 Å². The Morgan fingerprint density at radius 2 is 1.59 bits per heavy atom. The lowest BCUT2D eigenvalue weighted by Gasteiger charge is -2.18. The van der Waals surface area contributed by atoms with Gasteiger partial charge in [0.05, 0.1) is 0 Å². The number of nitrogens with zero attached hydrogens (tertiary/aromatic N) is 1. The molecule has 4 rings (SSSR count). The van der Waals surface area contributed by atoms with Gasteiger partial charge in [0.15, 0.2) is 0 Å². The van der Waals surface area contributed by atoms with Gasteiger partial charge < -0.3 is 0 Å². The third-order valence-electron chi connectivity index (χ3n) is 4.99. The Hall–Kier alpha value is -1.08. The van der Waals surface area contributed by atoms with Crippen molar-refractivity contribution < 1.29 is 0 Å². The molecule has 0 spiro atoms. The Balaban J connectivity index is 1.47. The molecule has 1 aliphatic heterocycles. The molecule has 17 heavy (non-hydrogen) atoms. The van der Waals surface area contributed by atoms with Crippen molar-refractivity contribution in [2.45, 2.75) is 13.0 Å². The zero-order valence-electron chi connectivity index (χ0n) is 10.1. The van der Waals surface area contributed by atoms with E-state index in [0.717, 1.165) is 30.2 Å². The second kappa shape index (κ2) is 3.71. The van der Waals surface area contributed by atoms with Crippen LogP contribution < -0.4 is 0 Å². The highest BCUT2D eigenvalue weighted by Gasteiger charge is 2.48. The van der Waals surface area contributed by atoms with Gasteiger partial charge in [-0.2, -0.15) is 0 Å². The van der Waals surface area contributed by atoms with Crippen LogP contribution >= 0.6 is 0 Å². The predicted molar refractivity (Wildman–Crippen MR) is 69.4 cm³/mol. The fourth-order valence-electron chi connectivity index (χ4n) is 4.21. The van der Waals surface area contributed by atoms with E-state index in [2.05, 4.69) is 47.4 Å². The van der Waals surface area contributed by atoms with Crippen molar-refractivity contribution >= 4 is 0 Å². The van der Waals surface area contributed by atoms with E-state index in [1.807, 2.05) is 0 Å². The number of rotatable bonds is 2. The van der Waals surface area contributed by atoms with E-state index in [0.29, 0.717) is 0 Å². The van der Waals surface area contributed by atoms with Crippen LogP contribution in [0.15, 0.2) is 42.5 Å². The normalized spacial score (nSPS) is 38.8. The summed E-state index contributed by atoms with van der Waals surface area (Å²) in [7, 11) is 0. The minimum atomic E-state index is 0.908. The molecule has 4 unspecified atom stereocenters. The van der Waals surface area contributed by atoms with Gasteiger partial charge in [-0.3, -0.25) is 4.90 Å². The molecule has 2 aliphatic carbocycles. The summed E-state index contributed by atoms with van der Waals surface area (Å²) in [6.07, 6.45) is 6.42. The Kier molecular flexibility index (Phi) is 2.16. The Morgan fingerprint density at radius 1 is 0.941 bits per heavy atom. The summed E-state index contributed by atoms with van der Waals surface area (Å²) in [6.45, 7) is 3.80. The van der Waals surface area contributed by atoms with E-state index in [1.165, 1.54) is 25.1 Å². The molecule has 1 heterocycles. The lowest BCUT2D eigenvalue weighted by Crippen LogP contribution is -2.22. The first-order valence-electron chi connectivity index (χ1n) is 6.85. The molecule has 1 nitrogen and oxygen atoms in total. The molecule has 88 valence electrons. The fraction of sp³-hybridized carbons (Fsp3) is 0.500. The second-order valence-corrected chi connectivity index (χ2v) is 5.96. The molecular formula is C16H19N. The summed E-state index contributed by atoms with van der Waals surface area (Å²) in [6, 6.07) is 10.9. The number of allylic oxidation sites excluding steroid dienone is 2. The quantitative estimate of drug-likeness (QED) is 0.699. The summed E-state index contributed by atoms with van der Waals surface area (Å²) in [5.74, 6) is 3.75. The van der Waals surface area contributed by atoms with Crippen LogP contribution in [0.5, 0.6) is 0 Å². The van der Waals surface area contributed by atoms with Crippen LogP contribution in [0.25, 0.3) is 0 Å². The third-order valence-corrected chi connectivity index (χ3v) is 4.99. The van der Waals surface area contributed by atoms with E-state index in [9.17, 15) is 0 Å². The van der Waals surface area contributed by atoms with Crippen LogP contribution in [-0.2, 0) is 6.54 Å². The Bertz CT molecular complexity index is 416. The van der Waals surface area contributed by atoms with Gasteiger partial charge in [-0.25, -0.2) is 0 Å². The molecule has 2 bridgehead atoms. The van der Waals surface area contributed by atoms with Gasteiger partial charge in [0.1, 0.15) is 0 Å². The lowest BCUT2D eigenvalue weighted by molar-refractivity contribution is 0.291. The molecular weight excluding hydrogens is 206 g/mol. The standard InChI is InChI=1S/C16H19N/c1-2-4-12(5-3-1)9-17-10-15-13-6-7-14(8-13)16(15)11-17/h1-7,13-16H,8-11H2. The first-order valence-corrected chi connectivity index (χ1v) is 6.85. The SMILES string of the molecule is C1=CC2CC1C1CN(Cc3ccccc3)CC21. The predicted octanol–water partition coefficient (Wildman–Crippen LogP) is 2.94. The monoisotopic (exact) mass is 225 g/mol. The zero-order valence-corrected chi connectivity index (χ0v) is 10.1. The molecule has 1 aromatic carbocycles. The van der Waals surface area contributed by atoms with Gasteiger partial charge in [-0.05, 0) is 35.7 Å². The molecule has 1 saturated carbocycles. The first kappa shape index (κ1) is 9.90. The average Bonchev–Trinajstić information content (AvgIpc) is 3.00. The van der Waals surface area contributed by atoms with Crippen LogP contribution in [0, 0.1) is 23.7 Å². The van der Waals surface area contributed by atoms with Gasteiger partial charge >= 0.3 is 0 Å². The highest BCUT2D eigenvalue weighted by Crippen LogP contribution is 2.51. The molecule has 0 radical (unpaired) electrons. The maximum atomic E-state index is 2.66. The van der Waals surface area contributed by atoms with Crippen LogP contribution in [0.4, 0.5) is 0 Å². The van der Waals surface area contributed by atoms with Crippen molar-refractivity contribution in [1.82, 2.24) is 4.90 Å². The van der Waals surface area contributed by atoms with Crippen molar-refractivity contribution in [2.75, 3.05) is 13.1 Å². The number of likely N-dealkylation sites (tertiary alicyclic amines) is 1. The molecule has 1 aromatic rings. The summed E-state index contributed by atoms with van der Waals surface area (Å²) in [5.41, 5.74) is 1.47. The average molecular weight is 225 g/mol. The second-order valence-electron chi connectivity index (χ2n) is 5.96. The Labute approximate surface area is 103 Å². The molecule has 0 amide bonds. The smallest absolute Gasteiger partial charge is 0.0233 e. The van der Waals surface area contributed by atoms with Crippen molar-refractivity contribution in [3.05, 3.63) is 48.0 Å².